The van der Waals surface area contributed by atoms with Crippen molar-refractivity contribution in [2.45, 2.75) is 31.7 Å². The highest BCUT2D eigenvalue weighted by Gasteiger charge is 2.27. The number of nitrogens with two attached hydrogens (primary N) is 1. The van der Waals surface area contributed by atoms with Crippen LogP contribution in [0.15, 0.2) is 18.2 Å². The second-order valence-electron chi connectivity index (χ2n) is 4.89. The van der Waals surface area contributed by atoms with Crippen LogP contribution in [0.1, 0.15) is 36.0 Å². The fraction of sp³-hybridized carbons (Fsp3) is 0.500. The lowest BCUT2D eigenvalue weighted by Crippen LogP contribution is -2.44. The zero-order valence-corrected chi connectivity index (χ0v) is 11.6. The van der Waals surface area contributed by atoms with Crippen molar-refractivity contribution in [3.8, 4) is 0 Å². The van der Waals surface area contributed by atoms with Crippen LogP contribution in [0.4, 0.5) is 5.69 Å². The molecule has 4 nitrogen and oxygen atoms in total. The molecule has 5 heteroatoms. The number of likely N-dealkylation sites (tertiary alicyclic amines) is 1. The normalized spacial score (nSPS) is 19.5. The maximum absolute atomic E-state index is 12.5. The number of hydrogen-bond acceptors (Lipinski definition) is 3. The van der Waals surface area contributed by atoms with E-state index in [4.69, 9.17) is 22.4 Å². The van der Waals surface area contributed by atoms with Crippen LogP contribution in [0, 0.1) is 0 Å². The highest BCUT2D eigenvalue weighted by molar-refractivity contribution is 6.31. The van der Waals surface area contributed by atoms with E-state index in [-0.39, 0.29) is 18.6 Å². The van der Waals surface area contributed by atoms with Crippen LogP contribution < -0.4 is 5.73 Å². The Labute approximate surface area is 118 Å². The molecule has 1 fully saturated rings. The number of rotatable bonds is 3. The van der Waals surface area contributed by atoms with Crippen molar-refractivity contribution in [2.24, 2.45) is 0 Å². The first-order valence-electron chi connectivity index (χ1n) is 6.60. The minimum absolute atomic E-state index is 0.0627. The predicted molar refractivity (Wildman–Crippen MR) is 76.2 cm³/mol. The van der Waals surface area contributed by atoms with Crippen LogP contribution >= 0.6 is 11.6 Å². The minimum atomic E-state index is -0.0627. The van der Waals surface area contributed by atoms with Crippen molar-refractivity contribution in [2.75, 3.05) is 18.9 Å². The molecule has 1 heterocycles. The molecule has 0 bridgehead atoms. The molecular weight excluding hydrogens is 264 g/mol. The molecule has 0 spiro atoms. The van der Waals surface area contributed by atoms with Crippen molar-refractivity contribution >= 4 is 23.2 Å². The number of halogens is 1. The molecule has 0 saturated carbocycles. The van der Waals surface area contributed by atoms with E-state index in [1.807, 2.05) is 4.90 Å². The largest absolute Gasteiger partial charge is 0.398 e. The maximum atomic E-state index is 12.5. The Morgan fingerprint density at radius 3 is 2.95 bits per heavy atom. The van der Waals surface area contributed by atoms with E-state index in [1.165, 1.54) is 0 Å². The van der Waals surface area contributed by atoms with Gasteiger partial charge in [-0.15, -0.1) is 0 Å². The Bertz CT molecular complexity index is 463. The number of nitrogen functional groups attached to an aromatic ring is 1. The molecule has 0 aromatic heterocycles. The summed E-state index contributed by atoms with van der Waals surface area (Å²) < 4.78 is 0. The van der Waals surface area contributed by atoms with E-state index in [9.17, 15) is 4.79 Å². The standard InChI is InChI=1S/C14H19ClN2O2/c15-10-4-5-12(13(16)9-10)14(19)17-7-2-1-3-11(17)6-8-18/h4-5,9,11,18H,1-3,6-8,16H2/t11-/m1/s1. The maximum Gasteiger partial charge on any atom is 0.256 e. The number of amides is 1. The Hall–Kier alpha value is -1.26. The Balaban J connectivity index is 2.21. The van der Waals surface area contributed by atoms with Gasteiger partial charge in [0, 0.05) is 29.9 Å². The molecule has 1 atom stereocenters. The predicted octanol–water partition coefficient (Wildman–Crippen LogP) is 2.30. The number of anilines is 1. The van der Waals surface area contributed by atoms with E-state index >= 15 is 0 Å². The monoisotopic (exact) mass is 282 g/mol. The molecule has 1 aromatic carbocycles. The summed E-state index contributed by atoms with van der Waals surface area (Å²) in [7, 11) is 0. The van der Waals surface area contributed by atoms with Crippen molar-refractivity contribution in [1.82, 2.24) is 4.90 Å². The molecule has 3 N–H and O–H groups in total. The molecule has 0 radical (unpaired) electrons. The first kappa shape index (κ1) is 14.2. The third-order valence-electron chi connectivity index (χ3n) is 3.59. The summed E-state index contributed by atoms with van der Waals surface area (Å²) in [5, 5.41) is 9.63. The molecule has 0 aliphatic carbocycles. The van der Waals surface area contributed by atoms with Gasteiger partial charge in [0.15, 0.2) is 0 Å². The number of aliphatic hydroxyl groups is 1. The van der Waals surface area contributed by atoms with E-state index < -0.39 is 0 Å². The molecule has 19 heavy (non-hydrogen) atoms. The van der Waals surface area contributed by atoms with Crippen molar-refractivity contribution in [3.63, 3.8) is 0 Å². The highest BCUT2D eigenvalue weighted by atomic mass is 35.5. The summed E-state index contributed by atoms with van der Waals surface area (Å²) in [6.07, 6.45) is 3.67. The van der Waals surface area contributed by atoms with Gasteiger partial charge >= 0.3 is 0 Å². The summed E-state index contributed by atoms with van der Waals surface area (Å²) in [6.45, 7) is 0.829. The van der Waals surface area contributed by atoms with Gasteiger partial charge in [-0.1, -0.05) is 11.6 Å². The SMILES string of the molecule is Nc1cc(Cl)ccc1C(=O)N1CCCC[C@@H]1CCO. The lowest BCUT2D eigenvalue weighted by molar-refractivity contribution is 0.0576. The Morgan fingerprint density at radius 1 is 1.47 bits per heavy atom. The second kappa shape index (κ2) is 6.26. The zero-order valence-electron chi connectivity index (χ0n) is 10.8. The zero-order chi connectivity index (χ0) is 13.8. The van der Waals surface area contributed by atoms with Gasteiger partial charge in [-0.05, 0) is 43.9 Å². The third-order valence-corrected chi connectivity index (χ3v) is 3.83. The molecule has 1 aromatic rings. The highest BCUT2D eigenvalue weighted by Crippen LogP contribution is 2.25. The van der Waals surface area contributed by atoms with Gasteiger partial charge in [0.05, 0.1) is 5.56 Å². The van der Waals surface area contributed by atoms with Crippen LogP contribution in [-0.4, -0.2) is 35.1 Å². The Kier molecular flexibility index (Phi) is 4.66. The van der Waals surface area contributed by atoms with Gasteiger partial charge in [0.1, 0.15) is 0 Å². The average Bonchev–Trinajstić information content (AvgIpc) is 2.39. The van der Waals surface area contributed by atoms with Gasteiger partial charge in [-0.2, -0.15) is 0 Å². The summed E-state index contributed by atoms with van der Waals surface area (Å²) in [5.41, 5.74) is 6.77. The third kappa shape index (κ3) is 3.19. The molecule has 1 amide bonds. The smallest absolute Gasteiger partial charge is 0.256 e. The Morgan fingerprint density at radius 2 is 2.26 bits per heavy atom. The van der Waals surface area contributed by atoms with Crippen LogP contribution in [-0.2, 0) is 0 Å². The number of hydrogen-bond donors (Lipinski definition) is 2. The first-order valence-corrected chi connectivity index (χ1v) is 6.98. The van der Waals surface area contributed by atoms with Crippen LogP contribution in [0.5, 0.6) is 0 Å². The van der Waals surface area contributed by atoms with E-state index in [0.29, 0.717) is 22.7 Å². The van der Waals surface area contributed by atoms with Crippen LogP contribution in [0.2, 0.25) is 5.02 Å². The number of carbonyl (C=O) groups is 1. The quantitative estimate of drug-likeness (QED) is 0.836. The topological polar surface area (TPSA) is 66.6 Å². The van der Waals surface area contributed by atoms with Gasteiger partial charge in [0.2, 0.25) is 0 Å². The molecule has 104 valence electrons. The molecule has 1 aliphatic rings. The lowest BCUT2D eigenvalue weighted by Gasteiger charge is -2.35. The number of piperidine rings is 1. The van der Waals surface area contributed by atoms with Crippen molar-refractivity contribution < 1.29 is 9.90 Å². The summed E-state index contributed by atoms with van der Waals surface area (Å²) in [6, 6.07) is 5.06. The van der Waals surface area contributed by atoms with Gasteiger partial charge in [0.25, 0.3) is 5.91 Å². The summed E-state index contributed by atoms with van der Waals surface area (Å²) >= 11 is 5.85. The molecular formula is C14H19ClN2O2. The van der Waals surface area contributed by atoms with Crippen LogP contribution in [0.3, 0.4) is 0 Å². The molecule has 1 saturated heterocycles. The van der Waals surface area contributed by atoms with E-state index in [1.54, 1.807) is 18.2 Å². The minimum Gasteiger partial charge on any atom is -0.398 e. The first-order chi connectivity index (χ1) is 9.13. The second-order valence-corrected chi connectivity index (χ2v) is 5.33. The van der Waals surface area contributed by atoms with Crippen molar-refractivity contribution in [3.05, 3.63) is 28.8 Å². The van der Waals surface area contributed by atoms with Gasteiger partial charge in [-0.3, -0.25) is 4.79 Å². The number of benzene rings is 1. The van der Waals surface area contributed by atoms with Gasteiger partial charge < -0.3 is 15.7 Å². The molecule has 2 rings (SSSR count). The fourth-order valence-corrected chi connectivity index (χ4v) is 2.78. The molecule has 0 unspecified atom stereocenters. The average molecular weight is 283 g/mol. The summed E-state index contributed by atoms with van der Waals surface area (Å²) in [4.78, 5) is 14.4. The number of aliphatic hydroxyl groups excluding tert-OH is 1. The summed E-state index contributed by atoms with van der Waals surface area (Å²) in [5.74, 6) is -0.0627. The number of carbonyl (C=O) groups excluding carboxylic acids is 1. The van der Waals surface area contributed by atoms with E-state index in [0.717, 1.165) is 25.8 Å². The fourth-order valence-electron chi connectivity index (χ4n) is 2.60. The molecule has 1 aliphatic heterocycles. The van der Waals surface area contributed by atoms with E-state index in [2.05, 4.69) is 0 Å². The van der Waals surface area contributed by atoms with Gasteiger partial charge in [-0.25, -0.2) is 0 Å². The van der Waals surface area contributed by atoms with Crippen molar-refractivity contribution in [1.29, 1.82) is 0 Å². The lowest BCUT2D eigenvalue weighted by atomic mass is 9.98. The number of nitrogens with zero attached hydrogens (tertiary/aromatic N) is 1. The van der Waals surface area contributed by atoms with Crippen LogP contribution in [0.25, 0.3) is 0 Å².